The highest BCUT2D eigenvalue weighted by Crippen LogP contribution is 2.29. The van der Waals surface area contributed by atoms with Crippen LogP contribution >= 0.6 is 11.3 Å². The highest BCUT2D eigenvalue weighted by molar-refractivity contribution is 7.17. The van der Waals surface area contributed by atoms with Crippen LogP contribution in [-0.4, -0.2) is 62.1 Å². The first-order valence-electron chi connectivity index (χ1n) is 10.1. The van der Waals surface area contributed by atoms with Crippen LogP contribution in [-0.2, 0) is 11.2 Å². The summed E-state index contributed by atoms with van der Waals surface area (Å²) in [5.74, 6) is 1.29. The Hall–Kier alpha value is -3.26. The van der Waals surface area contributed by atoms with Gasteiger partial charge in [0.05, 0.1) is 26.3 Å². The number of benzene rings is 2. The third-order valence-corrected chi connectivity index (χ3v) is 6.48. The minimum Gasteiger partial charge on any atom is -0.497 e. The Bertz CT molecular complexity index is 1090. The summed E-state index contributed by atoms with van der Waals surface area (Å²) >= 11 is 1.66. The molecule has 1 N–H and O–H groups in total. The van der Waals surface area contributed by atoms with E-state index in [0.29, 0.717) is 49.8 Å². The summed E-state index contributed by atoms with van der Waals surface area (Å²) in [5, 5.41) is 6.09. The summed E-state index contributed by atoms with van der Waals surface area (Å²) in [5.41, 5.74) is 1.62. The van der Waals surface area contributed by atoms with Crippen LogP contribution in [0.1, 0.15) is 5.56 Å². The number of fused-ring (bicyclic) bond motifs is 1. The lowest BCUT2D eigenvalue weighted by atomic mass is 10.1. The van der Waals surface area contributed by atoms with Crippen molar-refractivity contribution < 1.29 is 19.1 Å². The minimum atomic E-state index is -0.220. The highest BCUT2D eigenvalue weighted by atomic mass is 32.1. The number of thiophene rings is 1. The third-order valence-electron chi connectivity index (χ3n) is 5.47. The van der Waals surface area contributed by atoms with Gasteiger partial charge in [-0.25, -0.2) is 4.79 Å². The maximum atomic E-state index is 12.8. The number of anilines is 1. The number of amides is 3. The number of carbonyl (C=O) groups excluding carboxylic acids is 2. The zero-order valence-corrected chi connectivity index (χ0v) is 18.4. The maximum Gasteiger partial charge on any atom is 0.322 e. The van der Waals surface area contributed by atoms with E-state index in [9.17, 15) is 9.59 Å². The molecule has 0 aliphatic carbocycles. The lowest BCUT2D eigenvalue weighted by Crippen LogP contribution is -2.52. The lowest BCUT2D eigenvalue weighted by molar-refractivity contribution is -0.131. The van der Waals surface area contributed by atoms with Crippen molar-refractivity contribution in [3.05, 3.63) is 53.4 Å². The number of carbonyl (C=O) groups is 2. The first-order valence-corrected chi connectivity index (χ1v) is 11.0. The topological polar surface area (TPSA) is 71.1 Å². The van der Waals surface area contributed by atoms with E-state index in [1.165, 1.54) is 4.70 Å². The van der Waals surface area contributed by atoms with Crippen LogP contribution in [0.3, 0.4) is 0 Å². The molecular formula is C23H25N3O4S. The Kier molecular flexibility index (Phi) is 6.27. The summed E-state index contributed by atoms with van der Waals surface area (Å²) in [6.45, 7) is 2.00. The molecule has 1 saturated heterocycles. The average Bonchev–Trinajstić information content (AvgIpc) is 3.21. The Morgan fingerprint density at radius 3 is 2.48 bits per heavy atom. The highest BCUT2D eigenvalue weighted by Gasteiger charge is 2.25. The predicted octanol–water partition coefficient (Wildman–Crippen LogP) is 3.84. The third kappa shape index (κ3) is 4.59. The molecule has 0 bridgehead atoms. The summed E-state index contributed by atoms with van der Waals surface area (Å²) in [6, 6.07) is 13.2. The van der Waals surface area contributed by atoms with Gasteiger partial charge in [0.15, 0.2) is 0 Å². The van der Waals surface area contributed by atoms with Crippen LogP contribution in [0.25, 0.3) is 10.1 Å². The maximum absolute atomic E-state index is 12.8. The van der Waals surface area contributed by atoms with Crippen LogP contribution in [0.4, 0.5) is 10.5 Å². The number of methoxy groups -OCH3 is 2. The molecule has 31 heavy (non-hydrogen) atoms. The fourth-order valence-corrected chi connectivity index (χ4v) is 4.67. The molecule has 8 heteroatoms. The zero-order chi connectivity index (χ0) is 21.8. The molecule has 0 saturated carbocycles. The summed E-state index contributed by atoms with van der Waals surface area (Å²) < 4.78 is 11.7. The van der Waals surface area contributed by atoms with Gasteiger partial charge in [0, 0.05) is 36.9 Å². The van der Waals surface area contributed by atoms with Gasteiger partial charge < -0.3 is 24.6 Å². The van der Waals surface area contributed by atoms with E-state index in [0.717, 1.165) is 10.9 Å². The van der Waals surface area contributed by atoms with E-state index < -0.39 is 0 Å². The number of rotatable bonds is 5. The smallest absolute Gasteiger partial charge is 0.322 e. The molecule has 0 spiro atoms. The number of nitrogens with zero attached hydrogens (tertiary/aromatic N) is 2. The van der Waals surface area contributed by atoms with Crippen molar-refractivity contribution in [3.8, 4) is 11.5 Å². The molecule has 1 fully saturated rings. The molecule has 0 radical (unpaired) electrons. The molecule has 0 unspecified atom stereocenters. The van der Waals surface area contributed by atoms with Crippen molar-refractivity contribution in [1.29, 1.82) is 0 Å². The fourth-order valence-electron chi connectivity index (χ4n) is 3.71. The second kappa shape index (κ2) is 9.26. The first kappa shape index (κ1) is 21.0. The number of ether oxygens (including phenoxy) is 2. The molecule has 2 heterocycles. The molecule has 3 aromatic rings. The lowest BCUT2D eigenvalue weighted by Gasteiger charge is -2.34. The minimum absolute atomic E-state index is 0.0954. The van der Waals surface area contributed by atoms with Crippen LogP contribution in [0.2, 0.25) is 0 Å². The Morgan fingerprint density at radius 2 is 1.74 bits per heavy atom. The standard InChI is InChI=1S/C23H25N3O4S/c1-29-17-7-8-20(30-2)19(14-17)24-23(28)26-11-9-25(10-12-26)22(27)13-16-15-31-21-6-4-3-5-18(16)21/h3-8,14-15H,9-13H2,1-2H3,(H,24,28). The van der Waals surface area contributed by atoms with E-state index in [-0.39, 0.29) is 11.9 Å². The number of nitrogens with one attached hydrogen (secondary N) is 1. The van der Waals surface area contributed by atoms with E-state index in [1.807, 2.05) is 17.0 Å². The SMILES string of the molecule is COc1ccc(OC)c(NC(=O)N2CCN(C(=O)Cc3csc4ccccc34)CC2)c1. The van der Waals surface area contributed by atoms with Gasteiger partial charge in [0.25, 0.3) is 0 Å². The fraction of sp³-hybridized carbons (Fsp3) is 0.304. The van der Waals surface area contributed by atoms with Gasteiger partial charge in [-0.1, -0.05) is 18.2 Å². The van der Waals surface area contributed by atoms with Crippen molar-refractivity contribution >= 4 is 39.0 Å². The normalized spacial score (nSPS) is 13.9. The number of hydrogen-bond acceptors (Lipinski definition) is 5. The van der Waals surface area contributed by atoms with Gasteiger partial charge in [-0.05, 0) is 34.5 Å². The van der Waals surface area contributed by atoms with Crippen molar-refractivity contribution in [2.45, 2.75) is 6.42 Å². The number of urea groups is 1. The number of hydrogen-bond donors (Lipinski definition) is 1. The average molecular weight is 440 g/mol. The molecule has 162 valence electrons. The molecule has 3 amide bonds. The van der Waals surface area contributed by atoms with Crippen LogP contribution in [0, 0.1) is 0 Å². The van der Waals surface area contributed by atoms with Gasteiger partial charge >= 0.3 is 6.03 Å². The van der Waals surface area contributed by atoms with Gasteiger partial charge in [-0.3, -0.25) is 4.79 Å². The van der Waals surface area contributed by atoms with Gasteiger partial charge in [-0.2, -0.15) is 0 Å². The molecule has 1 aromatic heterocycles. The van der Waals surface area contributed by atoms with Crippen molar-refractivity contribution in [1.82, 2.24) is 9.80 Å². The van der Waals surface area contributed by atoms with Crippen molar-refractivity contribution in [2.24, 2.45) is 0 Å². The van der Waals surface area contributed by atoms with E-state index in [1.54, 1.807) is 48.7 Å². The Morgan fingerprint density at radius 1 is 1.00 bits per heavy atom. The van der Waals surface area contributed by atoms with Crippen molar-refractivity contribution in [3.63, 3.8) is 0 Å². The predicted molar refractivity (Wildman–Crippen MR) is 122 cm³/mol. The van der Waals surface area contributed by atoms with Crippen molar-refractivity contribution in [2.75, 3.05) is 45.7 Å². The van der Waals surface area contributed by atoms with E-state index >= 15 is 0 Å². The van der Waals surface area contributed by atoms with Crippen LogP contribution < -0.4 is 14.8 Å². The molecule has 0 atom stereocenters. The Labute approximate surface area is 185 Å². The second-order valence-electron chi connectivity index (χ2n) is 7.30. The molecule has 4 rings (SSSR count). The summed E-state index contributed by atoms with van der Waals surface area (Å²) in [7, 11) is 3.13. The summed E-state index contributed by atoms with van der Waals surface area (Å²) in [4.78, 5) is 29.1. The summed E-state index contributed by atoms with van der Waals surface area (Å²) in [6.07, 6.45) is 0.386. The Balaban J connectivity index is 1.34. The van der Waals surface area contributed by atoms with E-state index in [4.69, 9.17) is 9.47 Å². The molecule has 2 aromatic carbocycles. The van der Waals surface area contributed by atoms with Crippen LogP contribution in [0.5, 0.6) is 11.5 Å². The first-order chi connectivity index (χ1) is 15.1. The van der Waals surface area contributed by atoms with Gasteiger partial charge in [0.2, 0.25) is 5.91 Å². The van der Waals surface area contributed by atoms with Gasteiger partial charge in [0.1, 0.15) is 11.5 Å². The molecular weight excluding hydrogens is 414 g/mol. The quantitative estimate of drug-likeness (QED) is 0.656. The second-order valence-corrected chi connectivity index (χ2v) is 8.21. The van der Waals surface area contributed by atoms with Gasteiger partial charge in [-0.15, -0.1) is 11.3 Å². The monoisotopic (exact) mass is 439 g/mol. The largest absolute Gasteiger partial charge is 0.497 e. The molecule has 1 aliphatic rings. The van der Waals surface area contributed by atoms with E-state index in [2.05, 4.69) is 22.8 Å². The van der Waals surface area contributed by atoms with Crippen LogP contribution in [0.15, 0.2) is 47.8 Å². The zero-order valence-electron chi connectivity index (χ0n) is 17.6. The number of piperazine rings is 1. The molecule has 7 nitrogen and oxygen atoms in total. The molecule has 1 aliphatic heterocycles.